The fourth-order valence-corrected chi connectivity index (χ4v) is 1.52. The van der Waals surface area contributed by atoms with Crippen molar-refractivity contribution >= 4 is 17.3 Å². The van der Waals surface area contributed by atoms with Crippen LogP contribution in [0.3, 0.4) is 0 Å². The Morgan fingerprint density at radius 3 is 2.79 bits per heavy atom. The van der Waals surface area contributed by atoms with Gasteiger partial charge in [0.2, 0.25) is 0 Å². The highest BCUT2D eigenvalue weighted by Gasteiger charge is 2.07. The van der Waals surface area contributed by atoms with Gasteiger partial charge in [0.15, 0.2) is 6.29 Å². The molecule has 0 aliphatic carbocycles. The molecule has 0 amide bonds. The van der Waals surface area contributed by atoms with Crippen molar-refractivity contribution in [2.75, 3.05) is 0 Å². The molecule has 1 heterocycles. The Morgan fingerprint density at radius 2 is 2.14 bits per heavy atom. The van der Waals surface area contributed by atoms with Crippen LogP contribution in [0.2, 0.25) is 0 Å². The second-order valence-corrected chi connectivity index (χ2v) is 3.72. The summed E-state index contributed by atoms with van der Waals surface area (Å²) < 4.78 is 5.24. The molecule has 0 saturated heterocycles. The Kier molecular flexibility index (Phi) is 2.12. The van der Waals surface area contributed by atoms with Crippen molar-refractivity contribution in [1.82, 2.24) is 0 Å². The van der Waals surface area contributed by atoms with Gasteiger partial charge in [0, 0.05) is 5.39 Å². The highest BCUT2D eigenvalue weighted by molar-refractivity contribution is 5.96. The fraction of sp³-hybridized carbons (Fsp3) is 0.250. The standard InChI is InChI=1S/C12H12O2/c1-8(2)9-3-4-12-11(5-9)10(6-13)7-14-12/h3-8H,1-2H3. The summed E-state index contributed by atoms with van der Waals surface area (Å²) in [5.41, 5.74) is 2.63. The van der Waals surface area contributed by atoms with Gasteiger partial charge < -0.3 is 4.42 Å². The third-order valence-electron chi connectivity index (χ3n) is 2.42. The second kappa shape index (κ2) is 3.29. The molecule has 2 heteroatoms. The molecule has 0 saturated carbocycles. The molecule has 0 unspecified atom stereocenters. The first-order chi connectivity index (χ1) is 6.72. The van der Waals surface area contributed by atoms with Crippen LogP contribution < -0.4 is 0 Å². The number of fused-ring (bicyclic) bond motifs is 1. The molecule has 1 aromatic heterocycles. The molecule has 0 radical (unpaired) electrons. The highest BCUT2D eigenvalue weighted by Crippen LogP contribution is 2.24. The molecule has 14 heavy (non-hydrogen) atoms. The van der Waals surface area contributed by atoms with Crippen LogP contribution in [0.4, 0.5) is 0 Å². The molecule has 72 valence electrons. The fourth-order valence-electron chi connectivity index (χ4n) is 1.52. The van der Waals surface area contributed by atoms with E-state index in [1.54, 1.807) is 0 Å². The van der Waals surface area contributed by atoms with Gasteiger partial charge in [-0.05, 0) is 23.6 Å². The molecule has 0 aliphatic rings. The smallest absolute Gasteiger partial charge is 0.153 e. The summed E-state index contributed by atoms with van der Waals surface area (Å²) in [4.78, 5) is 10.7. The maximum atomic E-state index is 10.7. The zero-order valence-electron chi connectivity index (χ0n) is 8.28. The van der Waals surface area contributed by atoms with Crippen LogP contribution in [0.1, 0.15) is 35.7 Å². The molecule has 0 atom stereocenters. The van der Waals surface area contributed by atoms with E-state index < -0.39 is 0 Å². The zero-order chi connectivity index (χ0) is 10.1. The van der Waals surface area contributed by atoms with Crippen LogP contribution in [-0.4, -0.2) is 6.29 Å². The van der Waals surface area contributed by atoms with Crippen molar-refractivity contribution in [3.63, 3.8) is 0 Å². The average Bonchev–Trinajstić information content (AvgIpc) is 2.59. The van der Waals surface area contributed by atoms with E-state index in [0.29, 0.717) is 11.5 Å². The lowest BCUT2D eigenvalue weighted by atomic mass is 10.0. The Morgan fingerprint density at radius 1 is 1.36 bits per heavy atom. The van der Waals surface area contributed by atoms with Gasteiger partial charge in [0.1, 0.15) is 11.8 Å². The van der Waals surface area contributed by atoms with Crippen molar-refractivity contribution in [2.45, 2.75) is 19.8 Å². The lowest BCUT2D eigenvalue weighted by Gasteiger charge is -2.03. The molecule has 2 nitrogen and oxygen atoms in total. The normalized spacial score (nSPS) is 11.1. The van der Waals surface area contributed by atoms with E-state index in [4.69, 9.17) is 4.42 Å². The van der Waals surface area contributed by atoms with Crippen LogP contribution in [0.5, 0.6) is 0 Å². The Labute approximate surface area is 82.5 Å². The first-order valence-electron chi connectivity index (χ1n) is 4.68. The Bertz CT molecular complexity index is 466. The Balaban J connectivity index is 2.67. The molecule has 0 N–H and O–H groups in total. The molecule has 1 aromatic carbocycles. The number of carbonyl (C=O) groups excluding carboxylic acids is 1. The summed E-state index contributed by atoms with van der Waals surface area (Å²) in [5.74, 6) is 0.466. The van der Waals surface area contributed by atoms with E-state index in [1.165, 1.54) is 11.8 Å². The van der Waals surface area contributed by atoms with E-state index in [1.807, 2.05) is 18.2 Å². The maximum Gasteiger partial charge on any atom is 0.153 e. The van der Waals surface area contributed by atoms with E-state index >= 15 is 0 Å². The quantitative estimate of drug-likeness (QED) is 0.676. The minimum absolute atomic E-state index is 0.466. The monoisotopic (exact) mass is 188 g/mol. The number of rotatable bonds is 2. The van der Waals surface area contributed by atoms with Crippen LogP contribution in [0.15, 0.2) is 28.9 Å². The van der Waals surface area contributed by atoms with Crippen molar-refractivity contribution in [1.29, 1.82) is 0 Å². The zero-order valence-corrected chi connectivity index (χ0v) is 8.28. The Hall–Kier alpha value is -1.57. The molecule has 2 aromatic rings. The number of furan rings is 1. The summed E-state index contributed by atoms with van der Waals surface area (Å²) in [6, 6.07) is 5.97. The van der Waals surface area contributed by atoms with Crippen LogP contribution in [0, 0.1) is 0 Å². The summed E-state index contributed by atoms with van der Waals surface area (Å²) in [7, 11) is 0. The minimum atomic E-state index is 0.466. The van der Waals surface area contributed by atoms with Crippen LogP contribution in [0.25, 0.3) is 11.0 Å². The van der Waals surface area contributed by atoms with Gasteiger partial charge >= 0.3 is 0 Å². The number of hydrogen-bond donors (Lipinski definition) is 0. The molecule has 0 aliphatic heterocycles. The van der Waals surface area contributed by atoms with E-state index in [2.05, 4.69) is 13.8 Å². The lowest BCUT2D eigenvalue weighted by molar-refractivity contribution is 0.112. The van der Waals surface area contributed by atoms with Crippen molar-refractivity contribution < 1.29 is 9.21 Å². The SMILES string of the molecule is CC(C)c1ccc2occ(C=O)c2c1. The molecule has 0 fully saturated rings. The molecule has 0 bridgehead atoms. The van der Waals surface area contributed by atoms with Crippen molar-refractivity contribution in [3.8, 4) is 0 Å². The van der Waals surface area contributed by atoms with Gasteiger partial charge in [-0.15, -0.1) is 0 Å². The predicted octanol–water partition coefficient (Wildman–Crippen LogP) is 3.37. The third kappa shape index (κ3) is 1.33. The number of hydrogen-bond acceptors (Lipinski definition) is 2. The number of benzene rings is 1. The topological polar surface area (TPSA) is 30.2 Å². The van der Waals surface area contributed by atoms with Gasteiger partial charge in [0.25, 0.3) is 0 Å². The van der Waals surface area contributed by atoms with E-state index in [0.717, 1.165) is 17.3 Å². The summed E-state index contributed by atoms with van der Waals surface area (Å²) in [6.45, 7) is 4.25. The molecular formula is C12H12O2. The first-order valence-corrected chi connectivity index (χ1v) is 4.68. The molecular weight excluding hydrogens is 176 g/mol. The van der Waals surface area contributed by atoms with E-state index in [-0.39, 0.29) is 0 Å². The predicted molar refractivity (Wildman–Crippen MR) is 55.7 cm³/mol. The van der Waals surface area contributed by atoms with E-state index in [9.17, 15) is 4.79 Å². The van der Waals surface area contributed by atoms with Gasteiger partial charge in [-0.2, -0.15) is 0 Å². The lowest BCUT2D eigenvalue weighted by Crippen LogP contribution is -1.86. The van der Waals surface area contributed by atoms with Gasteiger partial charge in [-0.1, -0.05) is 19.9 Å². The van der Waals surface area contributed by atoms with Crippen molar-refractivity contribution in [2.24, 2.45) is 0 Å². The molecule has 0 spiro atoms. The third-order valence-corrected chi connectivity index (χ3v) is 2.42. The summed E-state index contributed by atoms with van der Waals surface area (Å²) >= 11 is 0. The van der Waals surface area contributed by atoms with Gasteiger partial charge in [-0.25, -0.2) is 0 Å². The summed E-state index contributed by atoms with van der Waals surface area (Å²) in [5, 5.41) is 0.909. The average molecular weight is 188 g/mol. The van der Waals surface area contributed by atoms with Gasteiger partial charge in [-0.3, -0.25) is 4.79 Å². The van der Waals surface area contributed by atoms with Gasteiger partial charge in [0.05, 0.1) is 5.56 Å². The number of carbonyl (C=O) groups is 1. The molecule has 2 rings (SSSR count). The highest BCUT2D eigenvalue weighted by atomic mass is 16.3. The maximum absolute atomic E-state index is 10.7. The first kappa shape index (κ1) is 9.00. The van der Waals surface area contributed by atoms with Crippen LogP contribution in [-0.2, 0) is 0 Å². The largest absolute Gasteiger partial charge is 0.464 e. The van der Waals surface area contributed by atoms with Crippen LogP contribution >= 0.6 is 0 Å². The second-order valence-electron chi connectivity index (χ2n) is 3.72. The summed E-state index contributed by atoms with van der Waals surface area (Å²) in [6.07, 6.45) is 2.33. The van der Waals surface area contributed by atoms with Crippen molar-refractivity contribution in [3.05, 3.63) is 35.6 Å². The number of aldehydes is 1. The minimum Gasteiger partial charge on any atom is -0.464 e.